The van der Waals surface area contributed by atoms with Gasteiger partial charge in [-0.3, -0.25) is 4.79 Å². The van der Waals surface area contributed by atoms with Crippen LogP contribution in [0, 0.1) is 13.8 Å². The van der Waals surface area contributed by atoms with E-state index in [0.29, 0.717) is 5.56 Å². The zero-order valence-electron chi connectivity index (χ0n) is 11.3. The second kappa shape index (κ2) is 5.46. The normalized spacial score (nSPS) is 11.1. The lowest BCUT2D eigenvalue weighted by Crippen LogP contribution is -2.30. The first-order valence-electron chi connectivity index (χ1n) is 6.09. The predicted molar refractivity (Wildman–Crippen MR) is 77.0 cm³/mol. The van der Waals surface area contributed by atoms with Crippen LogP contribution in [0.25, 0.3) is 0 Å². The minimum atomic E-state index is -3.83. The molecule has 0 aliphatic carbocycles. The Morgan fingerprint density at radius 2 is 1.50 bits per heavy atom. The SMILES string of the molecule is Cc1cc(C)cc(C(=O)NS(=O)(=O)c2ccccc2)c1. The average Bonchev–Trinajstić information content (AvgIpc) is 2.38. The number of rotatable bonds is 3. The topological polar surface area (TPSA) is 63.2 Å². The molecule has 0 saturated heterocycles. The van der Waals surface area contributed by atoms with Gasteiger partial charge in [0.2, 0.25) is 0 Å². The molecule has 2 aromatic rings. The molecule has 104 valence electrons. The van der Waals surface area contributed by atoms with Gasteiger partial charge in [-0.1, -0.05) is 35.4 Å². The lowest BCUT2D eigenvalue weighted by atomic mass is 10.1. The number of hydrogen-bond donors (Lipinski definition) is 1. The van der Waals surface area contributed by atoms with Crippen molar-refractivity contribution in [3.05, 3.63) is 65.2 Å². The number of carbonyl (C=O) groups excluding carboxylic acids is 1. The second-order valence-electron chi connectivity index (χ2n) is 4.62. The fraction of sp³-hybridized carbons (Fsp3) is 0.133. The molecule has 0 unspecified atom stereocenters. The Hall–Kier alpha value is -2.14. The van der Waals surface area contributed by atoms with E-state index in [2.05, 4.69) is 4.72 Å². The highest BCUT2D eigenvalue weighted by atomic mass is 32.2. The highest BCUT2D eigenvalue weighted by molar-refractivity contribution is 7.90. The van der Waals surface area contributed by atoms with Gasteiger partial charge in [-0.2, -0.15) is 0 Å². The molecule has 0 fully saturated rings. The molecule has 2 aromatic carbocycles. The van der Waals surface area contributed by atoms with Gasteiger partial charge in [-0.05, 0) is 38.1 Å². The van der Waals surface area contributed by atoms with Crippen molar-refractivity contribution in [1.82, 2.24) is 4.72 Å². The summed E-state index contributed by atoms with van der Waals surface area (Å²) in [4.78, 5) is 12.1. The minimum absolute atomic E-state index is 0.0673. The van der Waals surface area contributed by atoms with Crippen LogP contribution in [-0.2, 0) is 10.0 Å². The van der Waals surface area contributed by atoms with Crippen LogP contribution < -0.4 is 4.72 Å². The number of aryl methyl sites for hydroxylation is 2. The Morgan fingerprint density at radius 1 is 0.950 bits per heavy atom. The Balaban J connectivity index is 2.28. The Kier molecular flexibility index (Phi) is 3.90. The van der Waals surface area contributed by atoms with E-state index in [-0.39, 0.29) is 4.90 Å². The van der Waals surface area contributed by atoms with Crippen molar-refractivity contribution in [2.45, 2.75) is 18.7 Å². The van der Waals surface area contributed by atoms with Crippen LogP contribution in [0.4, 0.5) is 0 Å². The summed E-state index contributed by atoms with van der Waals surface area (Å²) in [6.45, 7) is 3.71. The third-order valence-electron chi connectivity index (χ3n) is 2.76. The lowest BCUT2D eigenvalue weighted by Gasteiger charge is -2.08. The molecule has 1 amide bonds. The highest BCUT2D eigenvalue weighted by Crippen LogP contribution is 2.11. The summed E-state index contributed by atoms with van der Waals surface area (Å²) in [6, 6.07) is 13.0. The third-order valence-corrected chi connectivity index (χ3v) is 4.11. The Labute approximate surface area is 118 Å². The van der Waals surface area contributed by atoms with Gasteiger partial charge in [0.25, 0.3) is 15.9 Å². The first kappa shape index (κ1) is 14.3. The molecule has 1 N–H and O–H groups in total. The molecular formula is C15H15NO3S. The van der Waals surface area contributed by atoms with Crippen LogP contribution in [0.2, 0.25) is 0 Å². The second-order valence-corrected chi connectivity index (χ2v) is 6.31. The van der Waals surface area contributed by atoms with Gasteiger partial charge < -0.3 is 0 Å². The maximum absolute atomic E-state index is 12.1. The van der Waals surface area contributed by atoms with Crippen molar-refractivity contribution in [1.29, 1.82) is 0 Å². The van der Waals surface area contributed by atoms with E-state index in [1.165, 1.54) is 12.1 Å². The molecule has 0 saturated carbocycles. The largest absolute Gasteiger partial charge is 0.268 e. The monoisotopic (exact) mass is 289 g/mol. The maximum atomic E-state index is 12.1. The van der Waals surface area contributed by atoms with Gasteiger partial charge in [-0.25, -0.2) is 13.1 Å². The van der Waals surface area contributed by atoms with Crippen molar-refractivity contribution in [3.63, 3.8) is 0 Å². The molecular weight excluding hydrogens is 274 g/mol. The van der Waals surface area contributed by atoms with Crippen LogP contribution in [0.1, 0.15) is 21.5 Å². The zero-order valence-corrected chi connectivity index (χ0v) is 12.1. The summed E-state index contributed by atoms with van der Waals surface area (Å²) in [6.07, 6.45) is 0. The van der Waals surface area contributed by atoms with E-state index in [0.717, 1.165) is 11.1 Å². The van der Waals surface area contributed by atoms with E-state index >= 15 is 0 Å². The number of carbonyl (C=O) groups is 1. The first-order valence-corrected chi connectivity index (χ1v) is 7.57. The molecule has 2 rings (SSSR count). The molecule has 0 bridgehead atoms. The Morgan fingerprint density at radius 3 is 2.05 bits per heavy atom. The fourth-order valence-electron chi connectivity index (χ4n) is 1.95. The van der Waals surface area contributed by atoms with E-state index in [1.807, 2.05) is 19.9 Å². The van der Waals surface area contributed by atoms with Gasteiger partial charge in [0.05, 0.1) is 4.90 Å². The van der Waals surface area contributed by atoms with E-state index in [1.54, 1.807) is 30.3 Å². The third kappa shape index (κ3) is 3.24. The quantitative estimate of drug-likeness (QED) is 0.944. The Bertz CT molecular complexity index is 717. The summed E-state index contributed by atoms with van der Waals surface area (Å²) < 4.78 is 26.2. The van der Waals surface area contributed by atoms with Crippen molar-refractivity contribution >= 4 is 15.9 Å². The molecule has 0 aromatic heterocycles. The number of hydrogen-bond acceptors (Lipinski definition) is 3. The summed E-state index contributed by atoms with van der Waals surface area (Å²) in [5.74, 6) is -0.624. The van der Waals surface area contributed by atoms with Crippen molar-refractivity contribution in [3.8, 4) is 0 Å². The smallest absolute Gasteiger partial charge is 0.265 e. The molecule has 0 spiro atoms. The molecule has 0 radical (unpaired) electrons. The average molecular weight is 289 g/mol. The van der Waals surface area contributed by atoms with Crippen molar-refractivity contribution in [2.75, 3.05) is 0 Å². The number of amides is 1. The molecule has 20 heavy (non-hydrogen) atoms. The summed E-state index contributed by atoms with van der Waals surface area (Å²) >= 11 is 0. The molecule has 0 atom stereocenters. The van der Waals surface area contributed by atoms with Gasteiger partial charge in [0, 0.05) is 5.56 Å². The number of benzene rings is 2. The van der Waals surface area contributed by atoms with Crippen molar-refractivity contribution in [2.24, 2.45) is 0 Å². The first-order chi connectivity index (χ1) is 9.38. The van der Waals surface area contributed by atoms with Crippen LogP contribution in [-0.4, -0.2) is 14.3 Å². The summed E-state index contributed by atoms with van der Waals surface area (Å²) in [7, 11) is -3.83. The van der Waals surface area contributed by atoms with Crippen LogP contribution in [0.5, 0.6) is 0 Å². The lowest BCUT2D eigenvalue weighted by molar-refractivity contribution is 0.0981. The van der Waals surface area contributed by atoms with Crippen molar-refractivity contribution < 1.29 is 13.2 Å². The van der Waals surface area contributed by atoms with Crippen LogP contribution in [0.3, 0.4) is 0 Å². The number of nitrogens with one attached hydrogen (secondary N) is 1. The minimum Gasteiger partial charge on any atom is -0.268 e. The van der Waals surface area contributed by atoms with E-state index < -0.39 is 15.9 Å². The highest BCUT2D eigenvalue weighted by Gasteiger charge is 2.18. The summed E-state index contributed by atoms with van der Waals surface area (Å²) in [5, 5.41) is 0. The number of sulfonamides is 1. The molecule has 0 aliphatic rings. The maximum Gasteiger partial charge on any atom is 0.265 e. The molecule has 4 nitrogen and oxygen atoms in total. The molecule has 0 heterocycles. The van der Waals surface area contributed by atoms with Gasteiger partial charge in [-0.15, -0.1) is 0 Å². The summed E-state index contributed by atoms with van der Waals surface area (Å²) in [5.41, 5.74) is 2.15. The standard InChI is InChI=1S/C15H15NO3S/c1-11-8-12(2)10-13(9-11)15(17)16-20(18,19)14-6-4-3-5-7-14/h3-10H,1-2H3,(H,16,17). The van der Waals surface area contributed by atoms with Crippen LogP contribution in [0.15, 0.2) is 53.4 Å². The van der Waals surface area contributed by atoms with E-state index in [4.69, 9.17) is 0 Å². The van der Waals surface area contributed by atoms with Gasteiger partial charge >= 0.3 is 0 Å². The molecule has 0 aliphatic heterocycles. The van der Waals surface area contributed by atoms with Crippen LogP contribution >= 0.6 is 0 Å². The van der Waals surface area contributed by atoms with Gasteiger partial charge in [0.1, 0.15) is 0 Å². The molecule has 5 heteroatoms. The zero-order chi connectivity index (χ0) is 14.8. The predicted octanol–water partition coefficient (Wildman–Crippen LogP) is 2.42. The van der Waals surface area contributed by atoms with E-state index in [9.17, 15) is 13.2 Å². The van der Waals surface area contributed by atoms with Gasteiger partial charge in [0.15, 0.2) is 0 Å². The fourth-order valence-corrected chi connectivity index (χ4v) is 2.94.